The summed E-state index contributed by atoms with van der Waals surface area (Å²) < 4.78 is 5.34. The second-order valence-electron chi connectivity index (χ2n) is 5.42. The highest BCUT2D eigenvalue weighted by molar-refractivity contribution is 7.98. The Balaban J connectivity index is 1.74. The molecule has 23 heavy (non-hydrogen) atoms. The molecular formula is C17H18N4OS. The molecule has 2 aromatic heterocycles. The van der Waals surface area contributed by atoms with E-state index >= 15 is 0 Å². The third kappa shape index (κ3) is 3.42. The Kier molecular flexibility index (Phi) is 4.43. The van der Waals surface area contributed by atoms with Crippen LogP contribution in [0.2, 0.25) is 0 Å². The minimum Gasteiger partial charge on any atom is -0.338 e. The number of aryl methyl sites for hydroxylation is 3. The van der Waals surface area contributed by atoms with Crippen molar-refractivity contribution in [1.82, 2.24) is 20.1 Å². The molecule has 0 saturated carbocycles. The molecule has 118 valence electrons. The molecule has 0 aliphatic carbocycles. The summed E-state index contributed by atoms with van der Waals surface area (Å²) in [6.45, 7) is 8.06. The maximum atomic E-state index is 5.34. The summed E-state index contributed by atoms with van der Waals surface area (Å²) >= 11 is 1.50. The standard InChI is InChI=1S/C17H18N4OS/c1-10-7-5-6-8-14(10)16-20-15(22-21-16)9-23-17-18-12(3)11(2)13(4)19-17/h5-8H,9H2,1-4H3. The molecule has 3 aromatic rings. The molecule has 0 N–H and O–H groups in total. The van der Waals surface area contributed by atoms with E-state index in [0.29, 0.717) is 17.5 Å². The molecule has 5 nitrogen and oxygen atoms in total. The highest BCUT2D eigenvalue weighted by Gasteiger charge is 2.12. The number of hydrogen-bond acceptors (Lipinski definition) is 6. The normalized spacial score (nSPS) is 11.0. The molecule has 1 aromatic carbocycles. The van der Waals surface area contributed by atoms with Crippen molar-refractivity contribution in [2.45, 2.75) is 38.6 Å². The fourth-order valence-corrected chi connectivity index (χ4v) is 2.95. The lowest BCUT2D eigenvalue weighted by Gasteiger charge is -2.05. The second kappa shape index (κ2) is 6.50. The molecule has 2 heterocycles. The molecule has 0 fully saturated rings. The summed E-state index contributed by atoms with van der Waals surface area (Å²) in [5.74, 6) is 1.75. The average Bonchev–Trinajstić information content (AvgIpc) is 2.99. The Hall–Kier alpha value is -2.21. The van der Waals surface area contributed by atoms with E-state index in [1.54, 1.807) is 0 Å². The Labute approximate surface area is 139 Å². The Morgan fingerprint density at radius 3 is 2.35 bits per heavy atom. The predicted molar refractivity (Wildman–Crippen MR) is 90.3 cm³/mol. The first-order valence-electron chi connectivity index (χ1n) is 7.38. The van der Waals surface area contributed by atoms with Gasteiger partial charge in [0.2, 0.25) is 11.7 Å². The fraction of sp³-hybridized carbons (Fsp3) is 0.294. The van der Waals surface area contributed by atoms with Crippen molar-refractivity contribution in [3.05, 3.63) is 52.7 Å². The molecule has 0 amide bonds. The molecule has 3 rings (SSSR count). The molecule has 6 heteroatoms. The molecule has 0 atom stereocenters. The Bertz CT molecular complexity index is 821. The van der Waals surface area contributed by atoms with Crippen LogP contribution in [0.4, 0.5) is 0 Å². The van der Waals surface area contributed by atoms with E-state index in [4.69, 9.17) is 4.52 Å². The van der Waals surface area contributed by atoms with Gasteiger partial charge in [-0.2, -0.15) is 4.98 Å². The minimum absolute atomic E-state index is 0.556. The zero-order valence-electron chi connectivity index (χ0n) is 13.6. The van der Waals surface area contributed by atoms with Crippen LogP contribution in [-0.4, -0.2) is 20.1 Å². The highest BCUT2D eigenvalue weighted by atomic mass is 32.2. The van der Waals surface area contributed by atoms with E-state index in [1.807, 2.05) is 52.0 Å². The van der Waals surface area contributed by atoms with Gasteiger partial charge >= 0.3 is 0 Å². The average molecular weight is 326 g/mol. The molecule has 0 bridgehead atoms. The molecular weight excluding hydrogens is 308 g/mol. The van der Waals surface area contributed by atoms with Crippen LogP contribution in [0.25, 0.3) is 11.4 Å². The maximum absolute atomic E-state index is 5.34. The summed E-state index contributed by atoms with van der Waals surface area (Å²) in [5, 5.41) is 4.81. The Morgan fingerprint density at radius 1 is 0.957 bits per heavy atom. The lowest BCUT2D eigenvalue weighted by atomic mass is 10.1. The number of benzene rings is 1. The van der Waals surface area contributed by atoms with Gasteiger partial charge in [-0.3, -0.25) is 0 Å². The van der Waals surface area contributed by atoms with Crippen LogP contribution in [0.5, 0.6) is 0 Å². The third-order valence-corrected chi connectivity index (χ3v) is 4.62. The van der Waals surface area contributed by atoms with Crippen molar-refractivity contribution in [3.63, 3.8) is 0 Å². The summed E-state index contributed by atoms with van der Waals surface area (Å²) in [6.07, 6.45) is 0. The molecule has 0 unspecified atom stereocenters. The topological polar surface area (TPSA) is 64.7 Å². The highest BCUT2D eigenvalue weighted by Crippen LogP contribution is 2.24. The van der Waals surface area contributed by atoms with Crippen LogP contribution in [0.3, 0.4) is 0 Å². The van der Waals surface area contributed by atoms with Crippen LogP contribution in [0.15, 0.2) is 33.9 Å². The van der Waals surface area contributed by atoms with Crippen LogP contribution in [-0.2, 0) is 5.75 Å². The predicted octanol–water partition coefficient (Wildman–Crippen LogP) is 4.05. The summed E-state index contributed by atoms with van der Waals surface area (Å²) in [5.41, 5.74) is 5.26. The first-order valence-corrected chi connectivity index (χ1v) is 8.36. The lowest BCUT2D eigenvalue weighted by molar-refractivity contribution is 0.391. The largest absolute Gasteiger partial charge is 0.338 e. The van der Waals surface area contributed by atoms with Crippen molar-refractivity contribution in [1.29, 1.82) is 0 Å². The van der Waals surface area contributed by atoms with Gasteiger partial charge in [0.1, 0.15) is 0 Å². The van der Waals surface area contributed by atoms with Gasteiger partial charge in [-0.25, -0.2) is 9.97 Å². The van der Waals surface area contributed by atoms with Gasteiger partial charge in [-0.05, 0) is 38.8 Å². The number of nitrogens with zero attached hydrogens (tertiary/aromatic N) is 4. The number of thioether (sulfide) groups is 1. The van der Waals surface area contributed by atoms with Crippen LogP contribution >= 0.6 is 11.8 Å². The van der Waals surface area contributed by atoms with Crippen LogP contribution in [0.1, 0.15) is 28.4 Å². The van der Waals surface area contributed by atoms with E-state index in [2.05, 4.69) is 20.1 Å². The van der Waals surface area contributed by atoms with Gasteiger partial charge < -0.3 is 4.52 Å². The van der Waals surface area contributed by atoms with Crippen LogP contribution < -0.4 is 0 Å². The van der Waals surface area contributed by atoms with Crippen molar-refractivity contribution in [3.8, 4) is 11.4 Å². The van der Waals surface area contributed by atoms with E-state index in [-0.39, 0.29) is 0 Å². The fourth-order valence-electron chi connectivity index (χ4n) is 2.18. The molecule has 0 aliphatic rings. The zero-order chi connectivity index (χ0) is 16.4. The van der Waals surface area contributed by atoms with Crippen molar-refractivity contribution >= 4 is 11.8 Å². The van der Waals surface area contributed by atoms with Gasteiger partial charge in [-0.1, -0.05) is 41.2 Å². The van der Waals surface area contributed by atoms with Gasteiger partial charge in [0.05, 0.1) is 5.75 Å². The quantitative estimate of drug-likeness (QED) is 0.532. The third-order valence-electron chi connectivity index (χ3n) is 3.79. The minimum atomic E-state index is 0.556. The van der Waals surface area contributed by atoms with Gasteiger partial charge in [0.15, 0.2) is 5.16 Å². The smallest absolute Gasteiger partial charge is 0.237 e. The van der Waals surface area contributed by atoms with E-state index < -0.39 is 0 Å². The van der Waals surface area contributed by atoms with Gasteiger partial charge in [0.25, 0.3) is 0 Å². The molecule has 0 aliphatic heterocycles. The van der Waals surface area contributed by atoms with Gasteiger partial charge in [-0.15, -0.1) is 0 Å². The van der Waals surface area contributed by atoms with Gasteiger partial charge in [0, 0.05) is 17.0 Å². The molecule has 0 radical (unpaired) electrons. The number of hydrogen-bond donors (Lipinski definition) is 0. The monoisotopic (exact) mass is 326 g/mol. The Morgan fingerprint density at radius 2 is 1.65 bits per heavy atom. The molecule has 0 spiro atoms. The van der Waals surface area contributed by atoms with Crippen molar-refractivity contribution in [2.24, 2.45) is 0 Å². The lowest BCUT2D eigenvalue weighted by Crippen LogP contribution is -1.98. The first kappa shape index (κ1) is 15.7. The number of rotatable bonds is 4. The summed E-state index contributed by atoms with van der Waals surface area (Å²) in [7, 11) is 0. The first-order chi connectivity index (χ1) is 11.0. The van der Waals surface area contributed by atoms with Crippen molar-refractivity contribution in [2.75, 3.05) is 0 Å². The maximum Gasteiger partial charge on any atom is 0.237 e. The number of aromatic nitrogens is 4. The molecule has 0 saturated heterocycles. The van der Waals surface area contributed by atoms with E-state index in [9.17, 15) is 0 Å². The zero-order valence-corrected chi connectivity index (χ0v) is 14.4. The summed E-state index contributed by atoms with van der Waals surface area (Å²) in [4.78, 5) is 13.4. The van der Waals surface area contributed by atoms with E-state index in [1.165, 1.54) is 11.8 Å². The van der Waals surface area contributed by atoms with E-state index in [0.717, 1.165) is 33.2 Å². The second-order valence-corrected chi connectivity index (χ2v) is 6.36. The SMILES string of the molecule is Cc1ccccc1-c1noc(CSc2nc(C)c(C)c(C)n2)n1. The van der Waals surface area contributed by atoms with Crippen molar-refractivity contribution < 1.29 is 4.52 Å². The van der Waals surface area contributed by atoms with Crippen LogP contribution in [0, 0.1) is 27.7 Å². The summed E-state index contributed by atoms with van der Waals surface area (Å²) in [6, 6.07) is 7.99.